The Labute approximate surface area is 89.8 Å². The molecular weight excluding hydrogens is 140 g/mol. The van der Waals surface area contributed by atoms with Crippen molar-refractivity contribution in [2.24, 2.45) is 0 Å². The summed E-state index contributed by atoms with van der Waals surface area (Å²) in [6, 6.07) is 0. The normalized spacial score (nSPS) is 24.7. The van der Waals surface area contributed by atoms with E-state index in [1.54, 1.807) is 0 Å². The fourth-order valence-electron chi connectivity index (χ4n) is 1.31. The summed E-state index contributed by atoms with van der Waals surface area (Å²) < 4.78 is 0. The summed E-state index contributed by atoms with van der Waals surface area (Å²) in [5.41, 5.74) is -0.321. The van der Waals surface area contributed by atoms with E-state index in [4.69, 9.17) is 0 Å². The first-order valence-corrected chi connectivity index (χ1v) is 3.43. The summed E-state index contributed by atoms with van der Waals surface area (Å²) in [4.78, 5) is 0. The molecule has 1 saturated carbocycles. The van der Waals surface area contributed by atoms with E-state index in [9.17, 15) is 5.11 Å². The maximum Gasteiger partial charge on any atom is 2.00 e. The molecule has 1 rings (SSSR count). The summed E-state index contributed by atoms with van der Waals surface area (Å²) in [5.74, 6) is 0. The maximum atomic E-state index is 9.37. The molecule has 0 aromatic heterocycles. The molecule has 0 aromatic carbocycles. The van der Waals surface area contributed by atoms with Gasteiger partial charge in [0.2, 0.25) is 0 Å². The number of aliphatic hydroxyl groups is 1. The Hall–Kier alpha value is 1.22. The maximum absolute atomic E-state index is 9.37. The zero-order chi connectivity index (χ0) is 6.04. The monoisotopic (exact) mass is 156 g/mol. The van der Waals surface area contributed by atoms with Gasteiger partial charge in [0.25, 0.3) is 0 Å². The van der Waals surface area contributed by atoms with Gasteiger partial charge in [-0.25, -0.2) is 0 Å². The fourth-order valence-corrected chi connectivity index (χ4v) is 1.31. The van der Waals surface area contributed by atoms with Gasteiger partial charge in [-0.3, -0.25) is 0 Å². The molecule has 1 N–H and O–H groups in total. The first kappa shape index (κ1) is 10.2. The van der Waals surface area contributed by atoms with E-state index in [0.717, 1.165) is 12.8 Å². The predicted octanol–water partition coefficient (Wildman–Crippen LogP) is 1.55. The van der Waals surface area contributed by atoms with Gasteiger partial charge in [0, 0.05) is 0 Å². The van der Waals surface area contributed by atoms with Gasteiger partial charge >= 0.3 is 37.7 Å². The molecule has 0 aromatic rings. The van der Waals surface area contributed by atoms with E-state index in [1.807, 2.05) is 6.92 Å². The fraction of sp³-hybridized carbons (Fsp3) is 1.00. The topological polar surface area (TPSA) is 20.2 Å². The van der Waals surface area contributed by atoms with Crippen molar-refractivity contribution < 1.29 is 7.96 Å². The Morgan fingerprint density at radius 2 is 1.67 bits per heavy atom. The van der Waals surface area contributed by atoms with Crippen LogP contribution in [-0.2, 0) is 0 Å². The van der Waals surface area contributed by atoms with Crippen LogP contribution in [0.3, 0.4) is 0 Å². The molecule has 0 heterocycles. The van der Waals surface area contributed by atoms with Crippen molar-refractivity contribution in [3.8, 4) is 0 Å². The van der Waals surface area contributed by atoms with Gasteiger partial charge in [0.05, 0.1) is 5.60 Å². The van der Waals surface area contributed by atoms with Crippen molar-refractivity contribution >= 4 is 37.7 Å². The molecule has 0 amide bonds. The molecule has 0 atom stereocenters. The van der Waals surface area contributed by atoms with Gasteiger partial charge in [-0.1, -0.05) is 19.3 Å². The third-order valence-corrected chi connectivity index (χ3v) is 1.93. The van der Waals surface area contributed by atoms with Gasteiger partial charge < -0.3 is 7.96 Å². The van der Waals surface area contributed by atoms with Crippen molar-refractivity contribution in [3.05, 3.63) is 0 Å². The minimum absolute atomic E-state index is 0. The van der Waals surface area contributed by atoms with E-state index in [1.165, 1.54) is 19.3 Å². The molecular formula is C7H16CaO. The Morgan fingerprint density at radius 1 is 1.22 bits per heavy atom. The number of hydrogen-bond donors (Lipinski definition) is 1. The standard InChI is InChI=1S/C7H14O.Ca.2H/c1-7(8)5-3-2-4-6-7;;;/h8H,2-6H2,1H3;;;/q;+2;2*-1. The number of hydrogen-bond acceptors (Lipinski definition) is 1. The van der Waals surface area contributed by atoms with Gasteiger partial charge in [0.15, 0.2) is 0 Å². The van der Waals surface area contributed by atoms with E-state index in [2.05, 4.69) is 0 Å². The van der Waals surface area contributed by atoms with E-state index in [0.29, 0.717) is 0 Å². The average molecular weight is 156 g/mol. The summed E-state index contributed by atoms with van der Waals surface area (Å²) in [6.45, 7) is 1.94. The third kappa shape index (κ3) is 3.82. The van der Waals surface area contributed by atoms with Crippen molar-refractivity contribution in [1.29, 1.82) is 0 Å². The molecule has 0 radical (unpaired) electrons. The van der Waals surface area contributed by atoms with Gasteiger partial charge in [-0.15, -0.1) is 0 Å². The zero-order valence-corrected chi connectivity index (χ0v) is 8.40. The largest absolute Gasteiger partial charge is 2.00 e. The molecule has 1 aliphatic rings. The van der Waals surface area contributed by atoms with Crippen LogP contribution in [-0.4, -0.2) is 48.4 Å². The Kier molecular flexibility index (Phi) is 4.74. The summed E-state index contributed by atoms with van der Waals surface area (Å²) in [5, 5.41) is 9.37. The van der Waals surface area contributed by atoms with Crippen LogP contribution >= 0.6 is 0 Å². The Bertz CT molecular complexity index is 80.5. The minimum Gasteiger partial charge on any atom is -1.00 e. The smallest absolute Gasteiger partial charge is 1.00 e. The van der Waals surface area contributed by atoms with Crippen LogP contribution in [0.5, 0.6) is 0 Å². The second kappa shape index (κ2) is 4.17. The molecule has 1 nitrogen and oxygen atoms in total. The molecule has 0 bridgehead atoms. The van der Waals surface area contributed by atoms with Crippen LogP contribution in [0, 0.1) is 0 Å². The Balaban J connectivity index is -0.000000213. The summed E-state index contributed by atoms with van der Waals surface area (Å²) >= 11 is 0. The van der Waals surface area contributed by atoms with E-state index >= 15 is 0 Å². The second-order valence-corrected chi connectivity index (χ2v) is 3.06. The van der Waals surface area contributed by atoms with E-state index < -0.39 is 0 Å². The summed E-state index contributed by atoms with van der Waals surface area (Å²) in [7, 11) is 0. The molecule has 0 aliphatic heterocycles. The van der Waals surface area contributed by atoms with Crippen LogP contribution in [0.25, 0.3) is 0 Å². The SMILES string of the molecule is CC1(O)CCCCC1.[Ca+2].[H-].[H-]. The van der Waals surface area contributed by atoms with Crippen LogP contribution in [0.2, 0.25) is 0 Å². The van der Waals surface area contributed by atoms with Crippen molar-refractivity contribution in [1.82, 2.24) is 0 Å². The van der Waals surface area contributed by atoms with Gasteiger partial charge in [-0.2, -0.15) is 0 Å². The van der Waals surface area contributed by atoms with Gasteiger partial charge in [0.1, 0.15) is 0 Å². The molecule has 0 unspecified atom stereocenters. The number of rotatable bonds is 0. The van der Waals surface area contributed by atoms with Crippen LogP contribution < -0.4 is 0 Å². The zero-order valence-electron chi connectivity index (χ0n) is 8.19. The summed E-state index contributed by atoms with van der Waals surface area (Å²) in [6.07, 6.45) is 5.76. The van der Waals surface area contributed by atoms with Crippen LogP contribution in [0.4, 0.5) is 0 Å². The predicted molar refractivity (Wildman–Crippen MR) is 41.7 cm³/mol. The van der Waals surface area contributed by atoms with Crippen molar-refractivity contribution in [2.75, 3.05) is 0 Å². The first-order valence-electron chi connectivity index (χ1n) is 3.43. The quantitative estimate of drug-likeness (QED) is 0.528. The average Bonchev–Trinajstić information content (AvgIpc) is 1.65. The molecule has 1 aliphatic carbocycles. The molecule has 2 heteroatoms. The molecule has 1 fully saturated rings. The van der Waals surface area contributed by atoms with Crippen molar-refractivity contribution in [2.45, 2.75) is 44.6 Å². The van der Waals surface area contributed by atoms with Crippen LogP contribution in [0.1, 0.15) is 41.9 Å². The molecule has 0 spiro atoms. The Morgan fingerprint density at radius 3 is 1.89 bits per heavy atom. The van der Waals surface area contributed by atoms with Gasteiger partial charge in [-0.05, 0) is 19.8 Å². The minimum atomic E-state index is -0.321. The molecule has 0 saturated heterocycles. The van der Waals surface area contributed by atoms with Crippen molar-refractivity contribution in [3.63, 3.8) is 0 Å². The third-order valence-electron chi connectivity index (χ3n) is 1.93. The second-order valence-electron chi connectivity index (χ2n) is 3.06. The molecule has 9 heavy (non-hydrogen) atoms. The van der Waals surface area contributed by atoms with E-state index in [-0.39, 0.29) is 46.2 Å². The first-order chi connectivity index (χ1) is 3.71. The van der Waals surface area contributed by atoms with Crippen LogP contribution in [0.15, 0.2) is 0 Å². The molecule has 52 valence electrons.